The summed E-state index contributed by atoms with van der Waals surface area (Å²) < 4.78 is 22.5. The number of piperidine rings is 1. The fourth-order valence-corrected chi connectivity index (χ4v) is 3.11. The van der Waals surface area contributed by atoms with Gasteiger partial charge in [0, 0.05) is 25.4 Å². The molecule has 0 spiro atoms. The van der Waals surface area contributed by atoms with Gasteiger partial charge in [-0.3, -0.25) is 4.90 Å². The van der Waals surface area contributed by atoms with Crippen molar-refractivity contribution in [1.82, 2.24) is 10.2 Å². The average Bonchev–Trinajstić information content (AvgIpc) is 3.08. The number of nitrogens with one attached hydrogen (secondary N) is 1. The van der Waals surface area contributed by atoms with E-state index in [0.717, 1.165) is 32.1 Å². The van der Waals surface area contributed by atoms with Gasteiger partial charge in [-0.05, 0) is 44.7 Å². The van der Waals surface area contributed by atoms with Crippen molar-refractivity contribution in [3.63, 3.8) is 0 Å². The van der Waals surface area contributed by atoms with Crippen LogP contribution in [-0.4, -0.2) is 57.5 Å². The topological polar surface area (TPSA) is 49.4 Å². The van der Waals surface area contributed by atoms with Crippen LogP contribution in [0.3, 0.4) is 0 Å². The molecule has 1 N–H and O–H groups in total. The van der Waals surface area contributed by atoms with Gasteiger partial charge in [0.1, 0.15) is 9.84 Å². The highest BCUT2D eigenvalue weighted by Gasteiger charge is 2.31. The van der Waals surface area contributed by atoms with E-state index in [1.807, 2.05) is 0 Å². The van der Waals surface area contributed by atoms with Gasteiger partial charge in [0.2, 0.25) is 0 Å². The Balaban J connectivity index is 0.00000162. The van der Waals surface area contributed by atoms with E-state index < -0.39 is 9.84 Å². The molecular formula is C12H25ClN2O2S. The van der Waals surface area contributed by atoms with Gasteiger partial charge in [-0.25, -0.2) is 8.42 Å². The Labute approximate surface area is 117 Å². The quantitative estimate of drug-likeness (QED) is 0.792. The van der Waals surface area contributed by atoms with Crippen molar-refractivity contribution in [3.05, 3.63) is 0 Å². The molecule has 2 aliphatic rings. The third-order valence-corrected chi connectivity index (χ3v) is 4.69. The van der Waals surface area contributed by atoms with Crippen molar-refractivity contribution < 1.29 is 8.42 Å². The summed E-state index contributed by atoms with van der Waals surface area (Å²) in [6.07, 6.45) is 6.33. The molecule has 4 nitrogen and oxygen atoms in total. The van der Waals surface area contributed by atoms with Gasteiger partial charge < -0.3 is 5.32 Å². The number of hydrogen-bond donors (Lipinski definition) is 1. The molecule has 18 heavy (non-hydrogen) atoms. The van der Waals surface area contributed by atoms with Gasteiger partial charge in [0.25, 0.3) is 0 Å². The molecule has 1 heterocycles. The lowest BCUT2D eigenvalue weighted by Crippen LogP contribution is -2.39. The molecule has 6 heteroatoms. The van der Waals surface area contributed by atoms with E-state index in [1.54, 1.807) is 0 Å². The van der Waals surface area contributed by atoms with Crippen molar-refractivity contribution in [2.45, 2.75) is 31.7 Å². The van der Waals surface area contributed by atoms with E-state index in [0.29, 0.717) is 11.8 Å². The van der Waals surface area contributed by atoms with Gasteiger partial charge in [0.15, 0.2) is 0 Å². The molecule has 0 bridgehead atoms. The van der Waals surface area contributed by atoms with Crippen LogP contribution in [0.2, 0.25) is 0 Å². The maximum atomic E-state index is 11.2. The highest BCUT2D eigenvalue weighted by Crippen LogP contribution is 2.28. The molecular weight excluding hydrogens is 272 g/mol. The van der Waals surface area contributed by atoms with Crippen molar-refractivity contribution in [3.8, 4) is 0 Å². The van der Waals surface area contributed by atoms with Gasteiger partial charge in [-0.2, -0.15) is 0 Å². The minimum Gasteiger partial charge on any atom is -0.317 e. The van der Waals surface area contributed by atoms with E-state index in [-0.39, 0.29) is 12.4 Å². The molecule has 0 radical (unpaired) electrons. The molecule has 2 fully saturated rings. The Morgan fingerprint density at radius 3 is 2.28 bits per heavy atom. The summed E-state index contributed by atoms with van der Waals surface area (Å²) in [5.74, 6) is 1.07. The molecule has 1 saturated heterocycles. The molecule has 0 aromatic heterocycles. The number of hydrogen-bond acceptors (Lipinski definition) is 4. The highest BCUT2D eigenvalue weighted by atomic mass is 35.5. The standard InChI is InChI=1S/C12H24N2O2S.ClH/c1-17(15,16)9-8-14(12-2-3-12)10-11-4-6-13-7-5-11;/h11-13H,2-10H2,1H3;1H. The van der Waals surface area contributed by atoms with Crippen LogP contribution in [-0.2, 0) is 9.84 Å². The number of nitrogens with zero attached hydrogens (tertiary/aromatic N) is 1. The lowest BCUT2D eigenvalue weighted by atomic mass is 9.97. The summed E-state index contributed by atoms with van der Waals surface area (Å²) >= 11 is 0. The Bertz CT molecular complexity index is 338. The second kappa shape index (κ2) is 7.08. The first-order chi connectivity index (χ1) is 8.04. The SMILES string of the molecule is CS(=O)(=O)CCN(CC1CCNCC1)C1CC1.Cl. The second-order valence-electron chi connectivity index (χ2n) is 5.55. The molecule has 0 aromatic rings. The fraction of sp³-hybridized carbons (Fsp3) is 1.00. The maximum Gasteiger partial charge on any atom is 0.148 e. The minimum absolute atomic E-state index is 0. The Hall–Kier alpha value is 0.160. The normalized spacial score (nSPS) is 21.9. The van der Waals surface area contributed by atoms with E-state index >= 15 is 0 Å². The average molecular weight is 297 g/mol. The molecule has 0 aromatic carbocycles. The third kappa shape index (κ3) is 5.87. The van der Waals surface area contributed by atoms with Crippen LogP contribution in [0.15, 0.2) is 0 Å². The summed E-state index contributed by atoms with van der Waals surface area (Å²) in [5.41, 5.74) is 0. The predicted molar refractivity (Wildman–Crippen MR) is 77.1 cm³/mol. The first kappa shape index (κ1) is 16.2. The van der Waals surface area contributed by atoms with Crippen molar-refractivity contribution in [2.75, 3.05) is 38.2 Å². The summed E-state index contributed by atoms with van der Waals surface area (Å²) in [6, 6.07) is 0.673. The number of rotatable bonds is 6. The molecule has 1 aliphatic carbocycles. The second-order valence-corrected chi connectivity index (χ2v) is 7.81. The van der Waals surface area contributed by atoms with Crippen LogP contribution in [0.1, 0.15) is 25.7 Å². The lowest BCUT2D eigenvalue weighted by Gasteiger charge is -2.30. The van der Waals surface area contributed by atoms with E-state index in [1.165, 1.54) is 31.9 Å². The van der Waals surface area contributed by atoms with Gasteiger partial charge >= 0.3 is 0 Å². The number of halogens is 1. The Morgan fingerprint density at radius 1 is 1.17 bits per heavy atom. The maximum absolute atomic E-state index is 11.2. The molecule has 1 saturated carbocycles. The zero-order chi connectivity index (χ0) is 12.3. The monoisotopic (exact) mass is 296 g/mol. The zero-order valence-corrected chi connectivity index (χ0v) is 12.7. The summed E-state index contributed by atoms with van der Waals surface area (Å²) in [7, 11) is -2.82. The molecule has 0 amide bonds. The predicted octanol–water partition coefficient (Wildman–Crippen LogP) is 0.917. The van der Waals surface area contributed by atoms with Crippen LogP contribution < -0.4 is 5.32 Å². The summed E-state index contributed by atoms with van der Waals surface area (Å²) in [4.78, 5) is 2.41. The largest absolute Gasteiger partial charge is 0.317 e. The van der Waals surface area contributed by atoms with Crippen LogP contribution in [0.4, 0.5) is 0 Å². The van der Waals surface area contributed by atoms with Crippen LogP contribution in [0.5, 0.6) is 0 Å². The molecule has 2 rings (SSSR count). The molecule has 0 unspecified atom stereocenters. The fourth-order valence-electron chi connectivity index (χ4n) is 2.54. The van der Waals surface area contributed by atoms with Crippen molar-refractivity contribution in [1.29, 1.82) is 0 Å². The molecule has 108 valence electrons. The zero-order valence-electron chi connectivity index (χ0n) is 11.1. The van der Waals surface area contributed by atoms with E-state index in [4.69, 9.17) is 0 Å². The minimum atomic E-state index is -2.82. The van der Waals surface area contributed by atoms with E-state index in [2.05, 4.69) is 10.2 Å². The van der Waals surface area contributed by atoms with Gasteiger partial charge in [-0.1, -0.05) is 0 Å². The molecule has 0 atom stereocenters. The Morgan fingerprint density at radius 2 is 1.78 bits per heavy atom. The molecule has 1 aliphatic heterocycles. The first-order valence-electron chi connectivity index (χ1n) is 6.67. The summed E-state index contributed by atoms with van der Waals surface area (Å²) in [5, 5.41) is 3.37. The third-order valence-electron chi connectivity index (χ3n) is 3.76. The van der Waals surface area contributed by atoms with Crippen LogP contribution in [0, 0.1) is 5.92 Å². The van der Waals surface area contributed by atoms with Crippen molar-refractivity contribution in [2.24, 2.45) is 5.92 Å². The van der Waals surface area contributed by atoms with Crippen LogP contribution >= 0.6 is 12.4 Å². The first-order valence-corrected chi connectivity index (χ1v) is 8.73. The van der Waals surface area contributed by atoms with Crippen molar-refractivity contribution >= 4 is 22.2 Å². The smallest absolute Gasteiger partial charge is 0.148 e. The van der Waals surface area contributed by atoms with Crippen LogP contribution in [0.25, 0.3) is 0 Å². The lowest BCUT2D eigenvalue weighted by molar-refractivity contribution is 0.206. The van der Waals surface area contributed by atoms with Gasteiger partial charge in [-0.15, -0.1) is 12.4 Å². The van der Waals surface area contributed by atoms with Gasteiger partial charge in [0.05, 0.1) is 5.75 Å². The Kier molecular flexibility index (Phi) is 6.38. The highest BCUT2D eigenvalue weighted by molar-refractivity contribution is 7.90. The summed E-state index contributed by atoms with van der Waals surface area (Å²) in [6.45, 7) is 4.07. The van der Waals surface area contributed by atoms with E-state index in [9.17, 15) is 8.42 Å². The number of sulfone groups is 1.